The Labute approximate surface area is 156 Å². The summed E-state index contributed by atoms with van der Waals surface area (Å²) in [6.07, 6.45) is 5.82. The van der Waals surface area contributed by atoms with Crippen LogP contribution in [-0.2, 0) is 4.79 Å². The minimum Gasteiger partial charge on any atom is -0.484 e. The molecule has 1 aromatic heterocycles. The number of nitrogens with zero attached hydrogens (tertiary/aromatic N) is 1. The first kappa shape index (κ1) is 18.5. The molecule has 1 aliphatic rings. The van der Waals surface area contributed by atoms with Gasteiger partial charge >= 0.3 is 0 Å². The molecule has 7 heteroatoms. The highest BCUT2D eigenvalue weighted by atomic mass is 35.5. The van der Waals surface area contributed by atoms with Crippen molar-refractivity contribution in [2.24, 2.45) is 0 Å². The molecule has 1 amide bonds. The number of oxazole rings is 1. The summed E-state index contributed by atoms with van der Waals surface area (Å²) in [6.45, 7) is 4.13. The van der Waals surface area contributed by atoms with Crippen LogP contribution in [0.3, 0.4) is 0 Å². The molecule has 0 aliphatic heterocycles. The number of aromatic nitrogens is 1. The Morgan fingerprint density at radius 1 is 1.46 bits per heavy atom. The van der Waals surface area contributed by atoms with Crippen LogP contribution in [0.1, 0.15) is 43.3 Å². The van der Waals surface area contributed by atoms with E-state index in [1.165, 1.54) is 18.6 Å². The number of benzene rings is 1. The van der Waals surface area contributed by atoms with Crippen molar-refractivity contribution in [2.75, 3.05) is 13.2 Å². The lowest BCUT2D eigenvalue weighted by molar-refractivity contribution is -0.123. The summed E-state index contributed by atoms with van der Waals surface area (Å²) >= 11 is 5.59. The number of hydrogen-bond acceptors (Lipinski definition) is 4. The quantitative estimate of drug-likeness (QED) is 0.742. The van der Waals surface area contributed by atoms with Gasteiger partial charge in [-0.05, 0) is 31.4 Å². The van der Waals surface area contributed by atoms with Crippen LogP contribution < -0.4 is 10.1 Å². The van der Waals surface area contributed by atoms with Gasteiger partial charge in [0, 0.05) is 24.1 Å². The summed E-state index contributed by atoms with van der Waals surface area (Å²) in [5.74, 6) is 1.27. The first-order valence-electron chi connectivity index (χ1n) is 8.51. The number of amides is 1. The SMILES string of the molecule is C=C(CCNC(=O)COc1ccc(Cl)c(F)c1)c1ncc(C2CCC2)o1. The third kappa shape index (κ3) is 4.64. The predicted octanol–water partition coefficient (Wildman–Crippen LogP) is 4.33. The van der Waals surface area contributed by atoms with Gasteiger partial charge in [0.2, 0.25) is 5.89 Å². The van der Waals surface area contributed by atoms with Crippen LogP contribution in [0.4, 0.5) is 4.39 Å². The van der Waals surface area contributed by atoms with E-state index in [-0.39, 0.29) is 23.3 Å². The molecule has 3 rings (SSSR count). The third-order valence-corrected chi connectivity index (χ3v) is 4.65. The Balaban J connectivity index is 1.38. The first-order chi connectivity index (χ1) is 12.5. The van der Waals surface area contributed by atoms with Crippen molar-refractivity contribution in [1.82, 2.24) is 10.3 Å². The molecule has 0 spiro atoms. The topological polar surface area (TPSA) is 64.4 Å². The number of ether oxygens (including phenoxy) is 1. The van der Waals surface area contributed by atoms with Crippen LogP contribution in [0.15, 0.2) is 35.4 Å². The Morgan fingerprint density at radius 2 is 2.27 bits per heavy atom. The molecule has 0 atom stereocenters. The third-order valence-electron chi connectivity index (χ3n) is 4.34. The zero-order valence-corrected chi connectivity index (χ0v) is 15.0. The van der Waals surface area contributed by atoms with Crippen molar-refractivity contribution in [3.63, 3.8) is 0 Å². The first-order valence-corrected chi connectivity index (χ1v) is 8.89. The van der Waals surface area contributed by atoms with E-state index < -0.39 is 5.82 Å². The van der Waals surface area contributed by atoms with Crippen molar-refractivity contribution < 1.29 is 18.3 Å². The lowest BCUT2D eigenvalue weighted by Gasteiger charge is -2.22. The maximum Gasteiger partial charge on any atom is 0.257 e. The van der Waals surface area contributed by atoms with Crippen LogP contribution in [-0.4, -0.2) is 24.0 Å². The Hall–Kier alpha value is -2.34. The molecular weight excluding hydrogens is 359 g/mol. The number of hydrogen-bond donors (Lipinski definition) is 1. The van der Waals surface area contributed by atoms with Gasteiger partial charge in [-0.15, -0.1) is 0 Å². The smallest absolute Gasteiger partial charge is 0.257 e. The monoisotopic (exact) mass is 378 g/mol. The van der Waals surface area contributed by atoms with Gasteiger partial charge in [-0.1, -0.05) is 24.6 Å². The van der Waals surface area contributed by atoms with E-state index in [0.29, 0.717) is 24.8 Å². The molecule has 0 unspecified atom stereocenters. The molecule has 1 aromatic carbocycles. The molecule has 5 nitrogen and oxygen atoms in total. The van der Waals surface area contributed by atoms with E-state index in [4.69, 9.17) is 20.8 Å². The van der Waals surface area contributed by atoms with Crippen molar-refractivity contribution in [1.29, 1.82) is 0 Å². The molecule has 1 N–H and O–H groups in total. The predicted molar refractivity (Wildman–Crippen MR) is 96.7 cm³/mol. The number of nitrogens with one attached hydrogen (secondary N) is 1. The molecule has 1 fully saturated rings. The average Bonchev–Trinajstić information content (AvgIpc) is 3.04. The number of rotatable bonds is 8. The van der Waals surface area contributed by atoms with Crippen molar-refractivity contribution in [3.05, 3.63) is 53.5 Å². The summed E-state index contributed by atoms with van der Waals surface area (Å²) in [4.78, 5) is 16.1. The Kier molecular flexibility index (Phi) is 5.93. The molecule has 0 radical (unpaired) electrons. The largest absolute Gasteiger partial charge is 0.484 e. The molecule has 1 aliphatic carbocycles. The molecule has 1 heterocycles. The molecule has 1 saturated carbocycles. The summed E-state index contributed by atoms with van der Waals surface area (Å²) < 4.78 is 24.3. The lowest BCUT2D eigenvalue weighted by Crippen LogP contribution is -2.29. The van der Waals surface area contributed by atoms with Crippen LogP contribution in [0.25, 0.3) is 5.57 Å². The minimum absolute atomic E-state index is 0.00677. The Bertz CT molecular complexity index is 802. The zero-order valence-electron chi connectivity index (χ0n) is 14.3. The van der Waals surface area contributed by atoms with Crippen molar-refractivity contribution in [2.45, 2.75) is 31.6 Å². The fourth-order valence-corrected chi connectivity index (χ4v) is 2.68. The second-order valence-electron chi connectivity index (χ2n) is 6.26. The van der Waals surface area contributed by atoms with E-state index in [0.717, 1.165) is 30.2 Å². The molecular formula is C19H20ClFN2O3. The summed E-state index contributed by atoms with van der Waals surface area (Å²) in [6, 6.07) is 4.02. The van der Waals surface area contributed by atoms with Crippen LogP contribution in [0.2, 0.25) is 5.02 Å². The second kappa shape index (κ2) is 8.36. The summed E-state index contributed by atoms with van der Waals surface area (Å²) in [5.41, 5.74) is 0.733. The summed E-state index contributed by atoms with van der Waals surface area (Å²) in [7, 11) is 0. The minimum atomic E-state index is -0.590. The highest BCUT2D eigenvalue weighted by molar-refractivity contribution is 6.30. The zero-order chi connectivity index (χ0) is 18.5. The van der Waals surface area contributed by atoms with Gasteiger partial charge < -0.3 is 14.5 Å². The number of carbonyl (C=O) groups excluding carboxylic acids is 1. The van der Waals surface area contributed by atoms with Crippen LogP contribution in [0, 0.1) is 5.82 Å². The van der Waals surface area contributed by atoms with E-state index in [1.54, 1.807) is 6.20 Å². The van der Waals surface area contributed by atoms with E-state index in [9.17, 15) is 9.18 Å². The number of carbonyl (C=O) groups is 1. The fraction of sp³-hybridized carbons (Fsp3) is 0.368. The average molecular weight is 379 g/mol. The van der Waals surface area contributed by atoms with Gasteiger partial charge in [0.1, 0.15) is 17.3 Å². The highest BCUT2D eigenvalue weighted by Gasteiger charge is 2.23. The van der Waals surface area contributed by atoms with Gasteiger partial charge in [0.05, 0.1) is 11.2 Å². The molecule has 26 heavy (non-hydrogen) atoms. The molecule has 0 bridgehead atoms. The van der Waals surface area contributed by atoms with Gasteiger partial charge in [-0.2, -0.15) is 0 Å². The van der Waals surface area contributed by atoms with Gasteiger partial charge in [0.15, 0.2) is 6.61 Å². The standard InChI is InChI=1S/C19H20ClFN2O3/c1-12(19-23-10-17(26-19)13-3-2-4-13)7-8-22-18(24)11-25-14-5-6-15(20)16(21)9-14/h5-6,9-10,13H,1-4,7-8,11H2,(H,22,24). The normalized spacial score (nSPS) is 13.9. The molecule has 138 valence electrons. The number of halogens is 2. The molecule has 2 aromatic rings. The van der Waals surface area contributed by atoms with Gasteiger partial charge in [0.25, 0.3) is 5.91 Å². The van der Waals surface area contributed by atoms with Crippen molar-refractivity contribution in [3.8, 4) is 5.75 Å². The Morgan fingerprint density at radius 3 is 2.96 bits per heavy atom. The molecule has 0 saturated heterocycles. The van der Waals surface area contributed by atoms with E-state index in [1.807, 2.05) is 0 Å². The highest BCUT2D eigenvalue weighted by Crippen LogP contribution is 2.37. The summed E-state index contributed by atoms with van der Waals surface area (Å²) in [5, 5.41) is 2.72. The fourth-order valence-electron chi connectivity index (χ4n) is 2.56. The second-order valence-corrected chi connectivity index (χ2v) is 6.67. The lowest BCUT2D eigenvalue weighted by atomic mass is 9.84. The van der Waals surface area contributed by atoms with Gasteiger partial charge in [-0.3, -0.25) is 4.79 Å². The van der Waals surface area contributed by atoms with E-state index >= 15 is 0 Å². The van der Waals surface area contributed by atoms with Crippen LogP contribution in [0.5, 0.6) is 5.75 Å². The van der Waals surface area contributed by atoms with Crippen LogP contribution >= 0.6 is 11.6 Å². The maximum atomic E-state index is 13.3. The van der Waals surface area contributed by atoms with Crippen molar-refractivity contribution >= 4 is 23.1 Å². The maximum absolute atomic E-state index is 13.3. The van der Waals surface area contributed by atoms with E-state index in [2.05, 4.69) is 16.9 Å². The van der Waals surface area contributed by atoms with Gasteiger partial charge in [-0.25, -0.2) is 9.37 Å².